The van der Waals surface area contributed by atoms with E-state index >= 15 is 0 Å². The SMILES string of the molecule is COc1ccc(C(=C(I)I)[n+]2ccccc2)cc1. The van der Waals surface area contributed by atoms with E-state index in [0.717, 1.165) is 5.75 Å². The summed E-state index contributed by atoms with van der Waals surface area (Å²) in [6, 6.07) is 14.2. The van der Waals surface area contributed by atoms with Crippen molar-refractivity contribution < 1.29 is 9.30 Å². The Morgan fingerprint density at radius 1 is 1.00 bits per heavy atom. The third kappa shape index (κ3) is 3.23. The highest BCUT2D eigenvalue weighted by Gasteiger charge is 2.16. The van der Waals surface area contributed by atoms with E-state index in [9.17, 15) is 0 Å². The van der Waals surface area contributed by atoms with Crippen molar-refractivity contribution in [3.8, 4) is 5.75 Å². The van der Waals surface area contributed by atoms with Gasteiger partial charge in [0.25, 0.3) is 0 Å². The van der Waals surface area contributed by atoms with Crippen molar-refractivity contribution in [2.45, 2.75) is 0 Å². The van der Waals surface area contributed by atoms with Crippen LogP contribution in [0.1, 0.15) is 5.56 Å². The van der Waals surface area contributed by atoms with Crippen molar-refractivity contribution in [2.75, 3.05) is 7.11 Å². The summed E-state index contributed by atoms with van der Waals surface area (Å²) in [7, 11) is 1.68. The molecule has 0 amide bonds. The molecule has 1 aromatic carbocycles. The van der Waals surface area contributed by atoms with Gasteiger partial charge in [0, 0.05) is 17.7 Å². The average molecular weight is 464 g/mol. The fourth-order valence-corrected chi connectivity index (χ4v) is 2.83. The molecule has 1 heterocycles. The number of halogens is 2. The second-order valence-electron chi connectivity index (χ2n) is 3.62. The maximum atomic E-state index is 5.19. The van der Waals surface area contributed by atoms with Crippen molar-refractivity contribution >= 4 is 50.9 Å². The summed E-state index contributed by atoms with van der Waals surface area (Å²) in [5.41, 5.74) is 2.35. The molecule has 2 rings (SSSR count). The van der Waals surface area contributed by atoms with Crippen molar-refractivity contribution in [1.29, 1.82) is 0 Å². The number of rotatable bonds is 3. The minimum absolute atomic E-state index is 0.875. The van der Waals surface area contributed by atoms with Crippen LogP contribution in [0.5, 0.6) is 5.75 Å². The Kier molecular flexibility index (Phi) is 4.99. The Morgan fingerprint density at radius 3 is 2.11 bits per heavy atom. The van der Waals surface area contributed by atoms with Gasteiger partial charge in [-0.1, -0.05) is 6.07 Å². The van der Waals surface area contributed by atoms with Crippen LogP contribution in [-0.4, -0.2) is 7.11 Å². The molecule has 4 heteroatoms. The van der Waals surface area contributed by atoms with E-state index in [1.54, 1.807) is 7.11 Å². The zero-order valence-corrected chi connectivity index (χ0v) is 14.1. The molecule has 2 aromatic rings. The Morgan fingerprint density at radius 2 is 1.61 bits per heavy atom. The lowest BCUT2D eigenvalue weighted by Gasteiger charge is -2.04. The smallest absolute Gasteiger partial charge is 0.237 e. The molecule has 0 aliphatic carbocycles. The number of hydrogen-bond acceptors (Lipinski definition) is 1. The van der Waals surface area contributed by atoms with Gasteiger partial charge in [-0.05, 0) is 69.4 Å². The molecule has 0 fully saturated rings. The quantitative estimate of drug-likeness (QED) is 0.495. The summed E-state index contributed by atoms with van der Waals surface area (Å²) in [6.45, 7) is 0. The van der Waals surface area contributed by atoms with Crippen LogP contribution < -0.4 is 9.30 Å². The molecule has 92 valence electrons. The first-order valence-electron chi connectivity index (χ1n) is 5.39. The van der Waals surface area contributed by atoms with Crippen molar-refractivity contribution in [3.05, 3.63) is 62.0 Å². The summed E-state index contributed by atoms with van der Waals surface area (Å²) >= 11 is 4.69. The van der Waals surface area contributed by atoms with Crippen molar-refractivity contribution in [2.24, 2.45) is 0 Å². The van der Waals surface area contributed by atoms with Gasteiger partial charge in [0.1, 0.15) is 7.34 Å². The predicted octanol–water partition coefficient (Wildman–Crippen LogP) is 4.03. The second-order valence-corrected chi connectivity index (χ2v) is 7.84. The number of ether oxygens (including phenoxy) is 1. The van der Waals surface area contributed by atoms with Gasteiger partial charge in [-0.3, -0.25) is 0 Å². The van der Waals surface area contributed by atoms with E-state index in [4.69, 9.17) is 4.74 Å². The van der Waals surface area contributed by atoms with Gasteiger partial charge in [0.15, 0.2) is 12.4 Å². The normalized spacial score (nSPS) is 9.94. The van der Waals surface area contributed by atoms with Crippen LogP contribution in [0.3, 0.4) is 0 Å². The molecule has 0 atom stereocenters. The second kappa shape index (κ2) is 6.51. The van der Waals surface area contributed by atoms with Crippen LogP contribution >= 0.6 is 45.2 Å². The molecule has 0 spiro atoms. The Labute approximate surface area is 134 Å². The molecule has 0 unspecified atom stereocenters. The van der Waals surface area contributed by atoms with E-state index < -0.39 is 0 Å². The Bertz CT molecular complexity index is 546. The highest BCUT2D eigenvalue weighted by atomic mass is 127. The maximum absolute atomic E-state index is 5.19. The summed E-state index contributed by atoms with van der Waals surface area (Å²) < 4.78 is 8.52. The molecule has 0 aliphatic heterocycles. The van der Waals surface area contributed by atoms with Crippen LogP contribution in [0, 0.1) is 0 Å². The van der Waals surface area contributed by atoms with Gasteiger partial charge in [-0.25, -0.2) is 0 Å². The number of pyridine rings is 1. The van der Waals surface area contributed by atoms with Crippen molar-refractivity contribution in [3.63, 3.8) is 0 Å². The molecule has 0 radical (unpaired) electrons. The largest absolute Gasteiger partial charge is 0.497 e. The molecule has 0 aliphatic rings. The van der Waals surface area contributed by atoms with E-state index in [1.807, 2.05) is 30.3 Å². The Hall–Kier alpha value is -0.630. The molecule has 0 bridgehead atoms. The van der Waals surface area contributed by atoms with E-state index in [1.165, 1.54) is 12.8 Å². The topological polar surface area (TPSA) is 13.1 Å². The summed E-state index contributed by atoms with van der Waals surface area (Å²) in [6.07, 6.45) is 4.10. The first kappa shape index (κ1) is 13.8. The van der Waals surface area contributed by atoms with Gasteiger partial charge in [-0.2, -0.15) is 4.57 Å². The third-order valence-corrected chi connectivity index (χ3v) is 3.54. The molecule has 18 heavy (non-hydrogen) atoms. The molecule has 0 saturated carbocycles. The number of benzene rings is 1. The first-order chi connectivity index (χ1) is 8.72. The molecule has 0 saturated heterocycles. The lowest BCUT2D eigenvalue weighted by atomic mass is 10.1. The average Bonchev–Trinajstić information content (AvgIpc) is 2.40. The van der Waals surface area contributed by atoms with E-state index in [0.29, 0.717) is 0 Å². The van der Waals surface area contributed by atoms with E-state index in [2.05, 4.69) is 74.3 Å². The van der Waals surface area contributed by atoms with Crippen LogP contribution in [0.4, 0.5) is 0 Å². The van der Waals surface area contributed by atoms with Crippen molar-refractivity contribution in [1.82, 2.24) is 0 Å². The van der Waals surface area contributed by atoms with Gasteiger partial charge in [0.2, 0.25) is 5.70 Å². The summed E-state index contributed by atoms with van der Waals surface area (Å²) in [4.78, 5) is 0. The highest BCUT2D eigenvalue weighted by molar-refractivity contribution is 14.2. The molecular weight excluding hydrogens is 452 g/mol. The predicted molar refractivity (Wildman–Crippen MR) is 90.0 cm³/mol. The lowest BCUT2D eigenvalue weighted by molar-refractivity contribution is -0.579. The fraction of sp³-hybridized carbons (Fsp3) is 0.0714. The lowest BCUT2D eigenvalue weighted by Crippen LogP contribution is -2.31. The fourth-order valence-electron chi connectivity index (χ4n) is 1.65. The van der Waals surface area contributed by atoms with Gasteiger partial charge in [-0.15, -0.1) is 0 Å². The maximum Gasteiger partial charge on any atom is 0.237 e. The van der Waals surface area contributed by atoms with Crippen LogP contribution in [0.25, 0.3) is 5.70 Å². The zero-order chi connectivity index (χ0) is 13.0. The number of nitrogens with zero attached hydrogens (tertiary/aromatic N) is 1. The van der Waals surface area contributed by atoms with Crippen LogP contribution in [-0.2, 0) is 0 Å². The van der Waals surface area contributed by atoms with Crippen LogP contribution in [0.2, 0.25) is 0 Å². The first-order valence-corrected chi connectivity index (χ1v) is 7.54. The summed E-state index contributed by atoms with van der Waals surface area (Å²) in [5, 5.41) is 0. The third-order valence-electron chi connectivity index (χ3n) is 2.52. The number of aromatic nitrogens is 1. The molecule has 0 N–H and O–H groups in total. The molecule has 1 aromatic heterocycles. The summed E-state index contributed by atoms with van der Waals surface area (Å²) in [5.74, 6) is 0.875. The molecule has 2 nitrogen and oxygen atoms in total. The zero-order valence-electron chi connectivity index (χ0n) is 9.81. The van der Waals surface area contributed by atoms with Gasteiger partial charge in [0.05, 0.1) is 7.11 Å². The molecular formula is C14H12I2NO+. The van der Waals surface area contributed by atoms with E-state index in [-0.39, 0.29) is 0 Å². The van der Waals surface area contributed by atoms with Gasteiger partial charge < -0.3 is 4.74 Å². The van der Waals surface area contributed by atoms with Gasteiger partial charge >= 0.3 is 0 Å². The van der Waals surface area contributed by atoms with Crippen LogP contribution in [0.15, 0.2) is 56.4 Å². The Balaban J connectivity index is 2.47. The monoisotopic (exact) mass is 464 g/mol. The number of hydrogen-bond donors (Lipinski definition) is 0. The highest BCUT2D eigenvalue weighted by Crippen LogP contribution is 2.27. The minimum Gasteiger partial charge on any atom is -0.497 e. The standard InChI is InChI=1S/C14H12I2NO/c1-18-12-7-5-11(6-8-12)13(14(15)16)17-9-3-2-4-10-17/h2-10H,1H3/q+1. The number of methoxy groups -OCH3 is 1. The minimum atomic E-state index is 0.875.